The fourth-order valence-corrected chi connectivity index (χ4v) is 4.47. The SMILES string of the molecule is COc1c(Nc2ncc(Cl)c(-c3cnc4ccccn34)n2)ccc(N2CCN(C(C)=O)CC2)c1N. The Hall–Kier alpha value is -4.05. The maximum Gasteiger partial charge on any atom is 0.227 e. The number of nitrogens with zero attached hydrogens (tertiary/aromatic N) is 6. The average Bonchev–Trinajstić information content (AvgIpc) is 3.29. The zero-order valence-electron chi connectivity index (χ0n) is 19.4. The Labute approximate surface area is 207 Å². The smallest absolute Gasteiger partial charge is 0.227 e. The number of ether oxygens (including phenoxy) is 1. The minimum absolute atomic E-state index is 0.0843. The lowest BCUT2D eigenvalue weighted by molar-refractivity contribution is -0.129. The fraction of sp³-hybridized carbons (Fsp3) is 0.250. The molecule has 4 aromatic rings. The van der Waals surface area contributed by atoms with E-state index >= 15 is 0 Å². The van der Waals surface area contributed by atoms with Crippen molar-refractivity contribution < 1.29 is 9.53 Å². The summed E-state index contributed by atoms with van der Waals surface area (Å²) in [7, 11) is 1.57. The van der Waals surface area contributed by atoms with Crippen LogP contribution in [0.5, 0.6) is 5.75 Å². The monoisotopic (exact) mass is 492 g/mol. The number of methoxy groups -OCH3 is 1. The van der Waals surface area contributed by atoms with Crippen LogP contribution in [0.4, 0.5) is 23.0 Å². The molecule has 1 aromatic carbocycles. The molecule has 180 valence electrons. The number of carbonyl (C=O) groups is 1. The van der Waals surface area contributed by atoms with Crippen molar-refractivity contribution in [1.29, 1.82) is 0 Å². The highest BCUT2D eigenvalue weighted by Gasteiger charge is 2.23. The highest BCUT2D eigenvalue weighted by atomic mass is 35.5. The second-order valence-corrected chi connectivity index (χ2v) is 8.57. The van der Waals surface area contributed by atoms with Crippen LogP contribution in [0.1, 0.15) is 6.92 Å². The van der Waals surface area contributed by atoms with Crippen molar-refractivity contribution in [1.82, 2.24) is 24.3 Å². The minimum atomic E-state index is 0.0843. The third-order valence-electron chi connectivity index (χ3n) is 6.09. The lowest BCUT2D eigenvalue weighted by Gasteiger charge is -2.36. The average molecular weight is 493 g/mol. The zero-order chi connectivity index (χ0) is 24.5. The Morgan fingerprint density at radius 3 is 2.66 bits per heavy atom. The van der Waals surface area contributed by atoms with Crippen LogP contribution in [-0.4, -0.2) is 63.4 Å². The number of imidazole rings is 1. The number of nitrogen functional groups attached to an aromatic ring is 1. The first-order valence-electron chi connectivity index (χ1n) is 11.1. The summed E-state index contributed by atoms with van der Waals surface area (Å²) in [5.41, 5.74) is 10.6. The standard InChI is InChI=1S/C24H25ClN8O2/c1-15(34)31-9-11-32(12-10-31)18-7-6-17(23(35-2)21(18)26)29-24-28-13-16(25)22(30-24)19-14-27-20-5-3-4-8-33(19)20/h3-8,13-14H,9-12,26H2,1-2H3,(H,28,29,30). The molecule has 1 fully saturated rings. The van der Waals surface area contributed by atoms with Crippen LogP contribution in [0.3, 0.4) is 0 Å². The number of aromatic nitrogens is 4. The van der Waals surface area contributed by atoms with E-state index in [0.717, 1.165) is 17.0 Å². The largest absolute Gasteiger partial charge is 0.492 e. The number of piperazine rings is 1. The van der Waals surface area contributed by atoms with Gasteiger partial charge in [0.1, 0.15) is 17.0 Å². The topological polar surface area (TPSA) is 114 Å². The van der Waals surface area contributed by atoms with Gasteiger partial charge in [0.25, 0.3) is 0 Å². The number of nitrogens with two attached hydrogens (primary N) is 1. The summed E-state index contributed by atoms with van der Waals surface area (Å²) in [6, 6.07) is 9.57. The van der Waals surface area contributed by atoms with Crippen molar-refractivity contribution >= 4 is 46.2 Å². The Morgan fingerprint density at radius 2 is 1.91 bits per heavy atom. The molecular formula is C24H25ClN8O2. The van der Waals surface area contributed by atoms with Gasteiger partial charge < -0.3 is 25.6 Å². The molecule has 4 heterocycles. The van der Waals surface area contributed by atoms with Crippen LogP contribution in [-0.2, 0) is 4.79 Å². The van der Waals surface area contributed by atoms with Crippen LogP contribution in [0.15, 0.2) is 48.9 Å². The van der Waals surface area contributed by atoms with Gasteiger partial charge in [-0.25, -0.2) is 15.0 Å². The molecule has 0 unspecified atom stereocenters. The van der Waals surface area contributed by atoms with E-state index in [1.54, 1.807) is 26.4 Å². The number of rotatable bonds is 5. The van der Waals surface area contributed by atoms with Crippen LogP contribution in [0.25, 0.3) is 17.0 Å². The second kappa shape index (κ2) is 9.30. The molecule has 5 rings (SSSR count). The highest BCUT2D eigenvalue weighted by molar-refractivity contribution is 6.32. The number of nitrogens with one attached hydrogen (secondary N) is 1. The molecule has 0 bridgehead atoms. The van der Waals surface area contributed by atoms with Gasteiger partial charge in [-0.3, -0.25) is 9.20 Å². The van der Waals surface area contributed by atoms with E-state index in [9.17, 15) is 4.79 Å². The van der Waals surface area contributed by atoms with Gasteiger partial charge in [0.15, 0.2) is 5.75 Å². The number of benzene rings is 1. The lowest BCUT2D eigenvalue weighted by atomic mass is 10.1. The molecule has 3 N–H and O–H groups in total. The molecule has 10 nitrogen and oxygen atoms in total. The molecule has 0 aliphatic carbocycles. The number of pyridine rings is 1. The summed E-state index contributed by atoms with van der Waals surface area (Å²) in [6.07, 6.45) is 5.18. The third kappa shape index (κ3) is 4.28. The first-order chi connectivity index (χ1) is 17.0. The van der Waals surface area contributed by atoms with E-state index in [1.165, 1.54) is 0 Å². The van der Waals surface area contributed by atoms with Gasteiger partial charge in [-0.15, -0.1) is 0 Å². The van der Waals surface area contributed by atoms with Gasteiger partial charge in [0.05, 0.1) is 41.6 Å². The number of hydrogen-bond acceptors (Lipinski definition) is 8. The van der Waals surface area contributed by atoms with E-state index in [4.69, 9.17) is 22.1 Å². The predicted molar refractivity (Wildman–Crippen MR) is 136 cm³/mol. The number of fused-ring (bicyclic) bond motifs is 1. The van der Waals surface area contributed by atoms with E-state index in [1.807, 2.05) is 45.8 Å². The van der Waals surface area contributed by atoms with Gasteiger partial charge in [-0.05, 0) is 24.3 Å². The van der Waals surface area contributed by atoms with E-state index in [2.05, 4.69) is 25.2 Å². The summed E-state index contributed by atoms with van der Waals surface area (Å²) in [5, 5.41) is 3.62. The van der Waals surface area contributed by atoms with Crippen molar-refractivity contribution in [3.05, 3.63) is 53.9 Å². The lowest BCUT2D eigenvalue weighted by Crippen LogP contribution is -2.48. The molecule has 1 amide bonds. The van der Waals surface area contributed by atoms with Gasteiger partial charge in [-0.1, -0.05) is 17.7 Å². The van der Waals surface area contributed by atoms with E-state index < -0.39 is 0 Å². The van der Waals surface area contributed by atoms with Crippen molar-refractivity contribution in [3.8, 4) is 17.1 Å². The minimum Gasteiger partial charge on any atom is -0.492 e. The summed E-state index contributed by atoms with van der Waals surface area (Å²) in [6.45, 7) is 4.29. The molecule has 1 aliphatic rings. The molecule has 1 saturated heterocycles. The number of anilines is 4. The highest BCUT2D eigenvalue weighted by Crippen LogP contribution is 2.40. The van der Waals surface area contributed by atoms with Crippen LogP contribution in [0.2, 0.25) is 5.02 Å². The first kappa shape index (κ1) is 22.7. The first-order valence-corrected chi connectivity index (χ1v) is 11.5. The molecule has 35 heavy (non-hydrogen) atoms. The molecule has 1 aliphatic heterocycles. The summed E-state index contributed by atoms with van der Waals surface area (Å²) in [5.74, 6) is 0.920. The van der Waals surface area contributed by atoms with Crippen molar-refractivity contribution in [2.75, 3.05) is 49.2 Å². The van der Waals surface area contributed by atoms with Crippen LogP contribution in [0, 0.1) is 0 Å². The van der Waals surface area contributed by atoms with Crippen LogP contribution < -0.4 is 20.7 Å². The number of hydrogen-bond donors (Lipinski definition) is 2. The summed E-state index contributed by atoms with van der Waals surface area (Å²) < 4.78 is 7.56. The van der Waals surface area contributed by atoms with Crippen molar-refractivity contribution in [2.24, 2.45) is 0 Å². The Bertz CT molecular complexity index is 1400. The maximum absolute atomic E-state index is 11.6. The molecule has 11 heteroatoms. The van der Waals surface area contributed by atoms with E-state index in [0.29, 0.717) is 60.0 Å². The summed E-state index contributed by atoms with van der Waals surface area (Å²) >= 11 is 6.44. The Balaban J connectivity index is 1.43. The third-order valence-corrected chi connectivity index (χ3v) is 6.37. The van der Waals surface area contributed by atoms with Crippen molar-refractivity contribution in [2.45, 2.75) is 6.92 Å². The summed E-state index contributed by atoms with van der Waals surface area (Å²) in [4.78, 5) is 29.0. The number of halogens is 1. The van der Waals surface area contributed by atoms with Gasteiger partial charge in [-0.2, -0.15) is 0 Å². The fourth-order valence-electron chi connectivity index (χ4n) is 4.28. The number of amides is 1. The Kier molecular flexibility index (Phi) is 6.04. The van der Waals surface area contributed by atoms with Gasteiger partial charge >= 0.3 is 0 Å². The normalized spacial score (nSPS) is 13.8. The van der Waals surface area contributed by atoms with Crippen molar-refractivity contribution in [3.63, 3.8) is 0 Å². The quantitative estimate of drug-likeness (QED) is 0.407. The molecule has 0 atom stereocenters. The van der Waals surface area contributed by atoms with Crippen LogP contribution >= 0.6 is 11.6 Å². The second-order valence-electron chi connectivity index (χ2n) is 8.16. The predicted octanol–water partition coefficient (Wildman–Crippen LogP) is 3.45. The maximum atomic E-state index is 11.6. The number of carbonyl (C=O) groups excluding carboxylic acids is 1. The molecule has 0 radical (unpaired) electrons. The van der Waals surface area contributed by atoms with Gasteiger partial charge in [0.2, 0.25) is 11.9 Å². The molecular weight excluding hydrogens is 468 g/mol. The molecule has 0 spiro atoms. The zero-order valence-corrected chi connectivity index (χ0v) is 20.2. The van der Waals surface area contributed by atoms with E-state index in [-0.39, 0.29) is 5.91 Å². The van der Waals surface area contributed by atoms with Gasteiger partial charge in [0, 0.05) is 39.3 Å². The Morgan fingerprint density at radius 1 is 1.11 bits per heavy atom. The molecule has 3 aromatic heterocycles. The molecule has 0 saturated carbocycles.